The van der Waals surface area contributed by atoms with Gasteiger partial charge in [0.1, 0.15) is 0 Å². The lowest BCUT2D eigenvalue weighted by molar-refractivity contribution is -0.139. The first-order valence-electron chi connectivity index (χ1n) is 4.87. The molecule has 2 saturated carbocycles. The van der Waals surface area contributed by atoms with E-state index in [4.69, 9.17) is 5.11 Å². The molecule has 2 heteroatoms. The molecule has 2 aliphatic rings. The highest BCUT2D eigenvalue weighted by molar-refractivity contribution is 5.74. The Balaban J connectivity index is 1.95. The van der Waals surface area contributed by atoms with E-state index < -0.39 is 5.97 Å². The number of carbonyl (C=O) groups is 1. The maximum absolute atomic E-state index is 10.7. The lowest BCUT2D eigenvalue weighted by atomic mass is 9.79. The minimum Gasteiger partial charge on any atom is -0.481 e. The van der Waals surface area contributed by atoms with Gasteiger partial charge in [0.25, 0.3) is 0 Å². The molecule has 1 atom stereocenters. The fourth-order valence-corrected chi connectivity index (χ4v) is 2.59. The maximum atomic E-state index is 10.7. The van der Waals surface area contributed by atoms with Gasteiger partial charge in [-0.05, 0) is 30.6 Å². The van der Waals surface area contributed by atoms with Crippen molar-refractivity contribution in [3.63, 3.8) is 0 Å². The summed E-state index contributed by atoms with van der Waals surface area (Å²) in [4.78, 5) is 10.7. The van der Waals surface area contributed by atoms with Crippen LogP contribution in [0.2, 0.25) is 0 Å². The van der Waals surface area contributed by atoms with Crippen molar-refractivity contribution >= 4 is 5.97 Å². The van der Waals surface area contributed by atoms with Crippen LogP contribution in [0.15, 0.2) is 0 Å². The zero-order valence-corrected chi connectivity index (χ0v) is 7.55. The average molecular weight is 168 g/mol. The van der Waals surface area contributed by atoms with Gasteiger partial charge in [-0.1, -0.05) is 19.8 Å². The molecule has 2 fully saturated rings. The van der Waals surface area contributed by atoms with E-state index in [9.17, 15) is 4.79 Å². The molecule has 0 heterocycles. The van der Waals surface area contributed by atoms with E-state index in [0.29, 0.717) is 0 Å². The molecule has 0 aromatic rings. The van der Waals surface area contributed by atoms with Crippen molar-refractivity contribution in [2.75, 3.05) is 0 Å². The van der Waals surface area contributed by atoms with Gasteiger partial charge < -0.3 is 5.11 Å². The molecule has 0 aromatic carbocycles. The fraction of sp³-hybridized carbons (Fsp3) is 0.900. The summed E-state index contributed by atoms with van der Waals surface area (Å²) in [5.74, 6) is 0.264. The lowest BCUT2D eigenvalue weighted by Crippen LogP contribution is -2.17. The van der Waals surface area contributed by atoms with Crippen molar-refractivity contribution in [3.8, 4) is 0 Å². The molecule has 1 spiro atoms. The van der Waals surface area contributed by atoms with E-state index in [2.05, 4.69) is 6.92 Å². The number of hydrogen-bond acceptors (Lipinski definition) is 1. The van der Waals surface area contributed by atoms with Crippen molar-refractivity contribution in [3.05, 3.63) is 0 Å². The highest BCUT2D eigenvalue weighted by atomic mass is 16.4. The summed E-state index contributed by atoms with van der Waals surface area (Å²) < 4.78 is 0. The molecule has 68 valence electrons. The van der Waals surface area contributed by atoms with Crippen molar-refractivity contribution in [1.82, 2.24) is 0 Å². The minimum absolute atomic E-state index is 0.00463. The van der Waals surface area contributed by atoms with Crippen LogP contribution in [0.25, 0.3) is 0 Å². The average Bonchev–Trinajstić information content (AvgIpc) is 2.72. The number of carboxylic acid groups (broad SMARTS) is 1. The van der Waals surface area contributed by atoms with Crippen LogP contribution < -0.4 is 0 Å². The summed E-state index contributed by atoms with van der Waals surface area (Å²) in [6, 6.07) is 0. The third kappa shape index (κ3) is 1.13. The van der Waals surface area contributed by atoms with Gasteiger partial charge in [0, 0.05) is 0 Å². The molecular formula is C10H16O2. The molecule has 0 bridgehead atoms. The monoisotopic (exact) mass is 168 g/mol. The molecule has 0 aromatic heterocycles. The van der Waals surface area contributed by atoms with E-state index in [1.165, 1.54) is 12.8 Å². The Labute approximate surface area is 73.0 Å². The first kappa shape index (κ1) is 8.09. The van der Waals surface area contributed by atoms with E-state index in [-0.39, 0.29) is 11.3 Å². The van der Waals surface area contributed by atoms with E-state index in [0.717, 1.165) is 25.2 Å². The Morgan fingerprint density at radius 2 is 2.00 bits per heavy atom. The Morgan fingerprint density at radius 1 is 1.42 bits per heavy atom. The second kappa shape index (κ2) is 2.48. The van der Waals surface area contributed by atoms with Gasteiger partial charge in [-0.15, -0.1) is 0 Å². The van der Waals surface area contributed by atoms with Crippen LogP contribution in [0.5, 0.6) is 0 Å². The molecule has 0 radical (unpaired) electrons. The Morgan fingerprint density at radius 3 is 2.42 bits per heavy atom. The van der Waals surface area contributed by atoms with Gasteiger partial charge >= 0.3 is 5.97 Å². The Kier molecular flexibility index (Phi) is 1.67. The summed E-state index contributed by atoms with van der Waals surface area (Å²) in [5, 5.41) is 8.84. The number of carboxylic acids is 1. The molecule has 0 amide bonds. The van der Waals surface area contributed by atoms with E-state index in [1.807, 2.05) is 0 Å². The molecule has 1 N–H and O–H groups in total. The highest BCUT2D eigenvalue weighted by Gasteiger charge is 2.58. The summed E-state index contributed by atoms with van der Waals surface area (Å²) in [7, 11) is 0. The van der Waals surface area contributed by atoms with Gasteiger partial charge in [-0.3, -0.25) is 4.79 Å². The third-order valence-corrected chi connectivity index (χ3v) is 3.76. The normalized spacial score (nSPS) is 46.1. The van der Waals surface area contributed by atoms with Crippen LogP contribution >= 0.6 is 0 Å². The summed E-state index contributed by atoms with van der Waals surface area (Å²) in [6.45, 7) is 2.27. The first-order valence-corrected chi connectivity index (χ1v) is 4.87. The molecule has 0 aliphatic heterocycles. The molecule has 2 rings (SSSR count). The maximum Gasteiger partial charge on any atom is 0.307 e. The van der Waals surface area contributed by atoms with Gasteiger partial charge in [0.2, 0.25) is 0 Å². The molecule has 1 unspecified atom stereocenters. The third-order valence-electron chi connectivity index (χ3n) is 3.76. The smallest absolute Gasteiger partial charge is 0.307 e. The van der Waals surface area contributed by atoms with Gasteiger partial charge in [-0.2, -0.15) is 0 Å². The predicted octanol–water partition coefficient (Wildman–Crippen LogP) is 2.29. The van der Waals surface area contributed by atoms with Crippen molar-refractivity contribution in [1.29, 1.82) is 0 Å². The Hall–Kier alpha value is -0.530. The summed E-state index contributed by atoms with van der Waals surface area (Å²) in [6.07, 6.45) is 5.75. The van der Waals surface area contributed by atoms with Crippen LogP contribution in [0, 0.1) is 17.3 Å². The minimum atomic E-state index is -0.565. The summed E-state index contributed by atoms with van der Waals surface area (Å²) in [5.41, 5.74) is 0.248. The van der Waals surface area contributed by atoms with Crippen LogP contribution in [-0.2, 0) is 4.79 Å². The lowest BCUT2D eigenvalue weighted by Gasteiger charge is -2.26. The van der Waals surface area contributed by atoms with Crippen molar-refractivity contribution < 1.29 is 9.90 Å². The molecule has 0 saturated heterocycles. The number of aliphatic carboxylic acids is 1. The van der Waals surface area contributed by atoms with E-state index >= 15 is 0 Å². The molecule has 2 nitrogen and oxygen atoms in total. The predicted molar refractivity (Wildman–Crippen MR) is 45.8 cm³/mol. The molecular weight excluding hydrogens is 152 g/mol. The second-order valence-electron chi connectivity index (χ2n) is 4.64. The number of hydrogen-bond donors (Lipinski definition) is 1. The number of rotatable bonds is 1. The SMILES string of the molecule is CC1CCC2(CC1)CC2C(=O)O. The Bertz CT molecular complexity index is 202. The fourth-order valence-electron chi connectivity index (χ4n) is 2.59. The van der Waals surface area contributed by atoms with Crippen molar-refractivity contribution in [2.24, 2.45) is 17.3 Å². The second-order valence-corrected chi connectivity index (χ2v) is 4.64. The van der Waals surface area contributed by atoms with Crippen LogP contribution in [-0.4, -0.2) is 11.1 Å². The van der Waals surface area contributed by atoms with Crippen LogP contribution in [0.1, 0.15) is 39.0 Å². The van der Waals surface area contributed by atoms with Crippen LogP contribution in [0.3, 0.4) is 0 Å². The molecule has 12 heavy (non-hydrogen) atoms. The largest absolute Gasteiger partial charge is 0.481 e. The summed E-state index contributed by atoms with van der Waals surface area (Å²) >= 11 is 0. The zero-order valence-electron chi connectivity index (χ0n) is 7.55. The highest BCUT2D eigenvalue weighted by Crippen LogP contribution is 2.62. The van der Waals surface area contributed by atoms with Gasteiger partial charge in [-0.25, -0.2) is 0 Å². The zero-order chi connectivity index (χ0) is 8.77. The quantitative estimate of drug-likeness (QED) is 0.652. The van der Waals surface area contributed by atoms with Gasteiger partial charge in [0.05, 0.1) is 5.92 Å². The first-order chi connectivity index (χ1) is 5.64. The standard InChI is InChI=1S/C10H16O2/c1-7-2-4-10(5-3-7)6-8(10)9(11)12/h7-8H,2-6H2,1H3,(H,11,12). The molecule has 2 aliphatic carbocycles. The van der Waals surface area contributed by atoms with Crippen LogP contribution in [0.4, 0.5) is 0 Å². The topological polar surface area (TPSA) is 37.3 Å². The van der Waals surface area contributed by atoms with Crippen molar-refractivity contribution in [2.45, 2.75) is 39.0 Å². The van der Waals surface area contributed by atoms with Gasteiger partial charge in [0.15, 0.2) is 0 Å². The van der Waals surface area contributed by atoms with E-state index in [1.54, 1.807) is 0 Å².